The summed E-state index contributed by atoms with van der Waals surface area (Å²) in [7, 11) is -1.04. The van der Waals surface area contributed by atoms with Gasteiger partial charge in [-0.05, 0) is 200 Å². The van der Waals surface area contributed by atoms with Crippen molar-refractivity contribution in [2.45, 2.75) is 209 Å². The maximum absolute atomic E-state index is 13.4. The van der Waals surface area contributed by atoms with Crippen molar-refractivity contribution in [1.82, 2.24) is 71.0 Å². The summed E-state index contributed by atoms with van der Waals surface area (Å²) in [5, 5.41) is 45.6. The van der Waals surface area contributed by atoms with E-state index in [-0.39, 0.29) is 134 Å². The van der Waals surface area contributed by atoms with Crippen LogP contribution < -0.4 is 52.2 Å². The van der Waals surface area contributed by atoms with E-state index in [4.69, 9.17) is 31.5 Å². The largest absolute Gasteiger partial charge is 0.494 e. The minimum absolute atomic E-state index is 0. The first-order valence-electron chi connectivity index (χ1n) is 45.7. The van der Waals surface area contributed by atoms with Crippen molar-refractivity contribution in [3.63, 3.8) is 0 Å². The van der Waals surface area contributed by atoms with Crippen molar-refractivity contribution in [3.05, 3.63) is 191 Å². The van der Waals surface area contributed by atoms with Gasteiger partial charge in [0.15, 0.2) is 0 Å². The number of anilines is 5. The molecule has 10 aliphatic heterocycles. The Balaban J connectivity index is 0.000000200. The number of aromatic nitrogens is 4. The van der Waals surface area contributed by atoms with Crippen LogP contribution >= 0.6 is 39.0 Å². The molecule has 8 aromatic rings. The van der Waals surface area contributed by atoms with Gasteiger partial charge in [-0.1, -0.05) is 93.9 Å². The Morgan fingerprint density at radius 2 is 1.01 bits per heavy atom. The molecule has 10 aliphatic rings. The number of rotatable bonds is 22. The number of methoxy groups -OCH3 is 1. The van der Waals surface area contributed by atoms with Crippen molar-refractivity contribution < 1.29 is 87.0 Å². The first-order valence-corrected chi connectivity index (χ1v) is 49.9. The monoisotopic (exact) mass is 2080 g/mol. The smallest absolute Gasteiger partial charge is 0.255 e. The highest BCUT2D eigenvalue weighted by molar-refractivity contribution is 9.11. The highest BCUT2D eigenvalue weighted by atomic mass is 79.9. The molecule has 38 heteroatoms. The molecule has 750 valence electrons. The number of hydrogen-bond donors (Lipinski definition) is 10. The number of imide groups is 4. The number of benzene rings is 6. The van der Waals surface area contributed by atoms with Gasteiger partial charge in [0.1, 0.15) is 54.7 Å². The van der Waals surface area contributed by atoms with Gasteiger partial charge in [-0.15, -0.1) is 12.3 Å². The van der Waals surface area contributed by atoms with Gasteiger partial charge in [-0.25, -0.2) is 4.98 Å². The number of ether oxygens (including phenoxy) is 1. The third kappa shape index (κ3) is 27.1. The van der Waals surface area contributed by atoms with Crippen LogP contribution in [0.4, 0.5) is 28.8 Å². The third-order valence-electron chi connectivity index (χ3n) is 25.2. The van der Waals surface area contributed by atoms with E-state index in [2.05, 4.69) is 131 Å². The average molecular weight is 2080 g/mol. The standard InChI is InChI=1S/C31H39BrN9O2P.C17H20N2O4.C17H18N2O4.C17H16N2O4.C13H11BrN2O3.C4H6O.4CH4/c1-20-17-25(27(43-2)18-26(20)41-13-7-21(8-14-41)40-15-11-33-12-16-40)38-31-36-19-22(32)30(39-31)37-24-6-5-23-28(35-10-9-34-23)29(24)44(3,4)42;3*20-9-2-1-4-11-5-3-6-12-13(11)10-19(17(12)23)14-7-8-15(21)18-16(14)22;14-9-3-1-2-7-8(9)6-16(13(7)19)10-4-5-11(17)15-12(10)18;1-2-3-4-5;;;;/h5-6,9-10,17-19,21,33H,7-8,11-16H2,1-4H3,(H2,36,37,38,39);3,5-6,14,20H,1-2,4,7-10H2,(H,18,21,22);3,5-6,9,14H,1-2,4,7-8,10H2,(H,18,21,22);3,5-6,14,20H,2,7-10H2,(H,18,21,22);1-3,10H,4-6H2,(H,15,17,18);1,5H,3-4H2;4*1H4. The molecule has 0 radical (unpaired) electrons. The van der Waals surface area contributed by atoms with Crippen LogP contribution in [-0.4, -0.2) is 247 Å². The van der Waals surface area contributed by atoms with Crippen LogP contribution in [0, 0.1) is 31.1 Å². The van der Waals surface area contributed by atoms with Gasteiger partial charge in [-0.3, -0.25) is 93.7 Å². The molecule has 6 aromatic carbocycles. The fraction of sp³-hybridized carbons (Fsp3) is 0.427. The number of nitrogens with zero attached hydrogens (tertiary/aromatic N) is 10. The first-order chi connectivity index (χ1) is 66.0. The first kappa shape index (κ1) is 112. The van der Waals surface area contributed by atoms with Gasteiger partial charge in [0.2, 0.25) is 53.2 Å². The molecule has 6 fully saturated rings. The van der Waals surface area contributed by atoms with Crippen LogP contribution in [0.15, 0.2) is 125 Å². The maximum atomic E-state index is 13.4. The van der Waals surface area contributed by atoms with Crippen LogP contribution in [0.25, 0.3) is 11.0 Å². The van der Waals surface area contributed by atoms with Crippen LogP contribution in [0.2, 0.25) is 0 Å². The van der Waals surface area contributed by atoms with E-state index in [0.29, 0.717) is 138 Å². The van der Waals surface area contributed by atoms with E-state index in [1.165, 1.54) is 28.3 Å². The zero-order valence-electron chi connectivity index (χ0n) is 76.6. The number of carbonyl (C=O) groups excluding carboxylic acids is 13. The normalized spacial score (nSPS) is 18.4. The predicted molar refractivity (Wildman–Crippen MR) is 545 cm³/mol. The zero-order chi connectivity index (χ0) is 97.7. The maximum Gasteiger partial charge on any atom is 0.255 e. The van der Waals surface area contributed by atoms with Crippen molar-refractivity contribution in [2.75, 3.05) is 95.1 Å². The van der Waals surface area contributed by atoms with Crippen molar-refractivity contribution in [3.8, 4) is 29.9 Å². The molecule has 4 atom stereocenters. The van der Waals surface area contributed by atoms with E-state index in [9.17, 15) is 66.9 Å². The summed E-state index contributed by atoms with van der Waals surface area (Å²) in [4.78, 5) is 183. The fourth-order valence-corrected chi connectivity index (χ4v) is 20.5. The highest BCUT2D eigenvalue weighted by Gasteiger charge is 2.45. The van der Waals surface area contributed by atoms with Crippen molar-refractivity contribution in [1.29, 1.82) is 0 Å². The molecule has 12 amide bonds. The molecule has 18 rings (SSSR count). The molecule has 12 heterocycles. The molecule has 10 N–H and O–H groups in total. The molecule has 6 saturated heterocycles. The summed E-state index contributed by atoms with van der Waals surface area (Å²) in [5.41, 5.74) is 14.0. The lowest BCUT2D eigenvalue weighted by molar-refractivity contribution is -0.138. The topological polar surface area (TPSA) is 464 Å². The highest BCUT2D eigenvalue weighted by Crippen LogP contribution is 2.43. The number of hydrogen-bond acceptors (Lipinski definition) is 27. The lowest BCUT2D eigenvalue weighted by Gasteiger charge is -2.41. The minimum atomic E-state index is -2.73. The van der Waals surface area contributed by atoms with Gasteiger partial charge in [0.05, 0.1) is 47.0 Å². The Bertz CT molecular complexity index is 6140. The Morgan fingerprint density at radius 3 is 1.48 bits per heavy atom. The Kier molecular flexibility index (Phi) is 41.3. The summed E-state index contributed by atoms with van der Waals surface area (Å²) in [6.45, 7) is 13.9. The molecular formula is C103H126Br2N17O18P. The van der Waals surface area contributed by atoms with Gasteiger partial charge < -0.3 is 69.9 Å². The lowest BCUT2D eigenvalue weighted by Crippen LogP contribution is -2.52. The van der Waals surface area contributed by atoms with E-state index in [1.807, 2.05) is 48.5 Å². The molecule has 0 spiro atoms. The summed E-state index contributed by atoms with van der Waals surface area (Å²) < 4.78 is 20.7. The quantitative estimate of drug-likeness (QED) is 0.00990. The minimum Gasteiger partial charge on any atom is -0.494 e. The number of fused-ring (bicyclic) bond motifs is 5. The number of unbranched alkanes of at least 4 members (excludes halogenated alkanes) is 2. The van der Waals surface area contributed by atoms with Crippen LogP contribution in [-0.2, 0) is 86.7 Å². The molecule has 0 aliphatic carbocycles. The molecule has 0 saturated carbocycles. The average Bonchev–Trinajstić information content (AvgIpc) is 1.35. The number of terminal acetylenes is 1. The summed E-state index contributed by atoms with van der Waals surface area (Å²) in [5.74, 6) is 6.36. The Hall–Kier alpha value is -12.8. The van der Waals surface area contributed by atoms with Gasteiger partial charge in [0.25, 0.3) is 23.6 Å². The zero-order valence-corrected chi connectivity index (χ0v) is 80.6. The summed E-state index contributed by atoms with van der Waals surface area (Å²) in [6, 6.07) is 28.2. The van der Waals surface area contributed by atoms with Crippen LogP contribution in [0.5, 0.6) is 5.75 Å². The van der Waals surface area contributed by atoms with Crippen molar-refractivity contribution in [2.24, 2.45) is 0 Å². The Labute approximate surface area is 839 Å². The number of aliphatic hydroxyl groups excluding tert-OH is 3. The second-order valence-corrected chi connectivity index (χ2v) is 39.4. The predicted octanol–water partition coefficient (Wildman–Crippen LogP) is 10.8. The number of amides is 12. The number of carbonyl (C=O) groups is 13. The number of piperazine rings is 1. The number of aldehydes is 1. The number of aryl methyl sites for hydroxylation is 3. The Morgan fingerprint density at radius 1 is 0.539 bits per heavy atom. The number of piperidine rings is 5. The van der Waals surface area contributed by atoms with Crippen LogP contribution in [0.1, 0.15) is 218 Å². The second-order valence-electron chi connectivity index (χ2n) is 34.5. The lowest BCUT2D eigenvalue weighted by atomic mass is 9.99. The summed E-state index contributed by atoms with van der Waals surface area (Å²) >= 11 is 6.99. The van der Waals surface area contributed by atoms with E-state index in [1.54, 1.807) is 85.2 Å². The van der Waals surface area contributed by atoms with Gasteiger partial charge in [-0.2, -0.15) is 4.98 Å². The van der Waals surface area contributed by atoms with E-state index >= 15 is 0 Å². The fourth-order valence-electron chi connectivity index (χ4n) is 18.3. The number of aliphatic hydroxyl groups is 3. The van der Waals surface area contributed by atoms with E-state index < -0.39 is 43.1 Å². The van der Waals surface area contributed by atoms with Gasteiger partial charge in [0, 0.05) is 186 Å². The SMILES string of the molecule is C.C.C.C.C#CCCO.COc1cc(N2CCC(N3CCNCC3)CC2)c(C)cc1Nc1ncc(Br)c(Nc2ccc3nccnc3c2P(C)(C)=O)n1.O=C1CCC(N2Cc3c(Br)cccc3C2=O)C(=O)N1.O=C1CCC(N2Cc3c(C#CCCO)cccc3C2=O)C(=O)N1.O=C1CCC(N2Cc3c(CCCCO)cccc3C2=O)C(=O)N1.O=CCCCc1cccc2c1CN(C1CCC(=O)NC1=O)C2=O. The molecule has 35 nitrogen and oxygen atoms in total. The molecular weight excluding hydrogens is 1950 g/mol. The molecule has 4 unspecified atom stereocenters. The molecule has 2 aromatic heterocycles. The molecule has 0 bridgehead atoms. The second kappa shape index (κ2) is 52.1. The molecule has 141 heavy (non-hydrogen) atoms. The number of nitrogens with one attached hydrogen (secondary N) is 7. The summed E-state index contributed by atoms with van der Waals surface area (Å²) in [6.07, 6.45) is 20.6. The third-order valence-corrected chi connectivity index (χ3v) is 28.0. The van der Waals surface area contributed by atoms with Crippen LogP contribution in [0.3, 0.4) is 0 Å². The number of halogens is 2. The van der Waals surface area contributed by atoms with Gasteiger partial charge >= 0.3 is 0 Å². The van der Waals surface area contributed by atoms with E-state index in [0.717, 1.165) is 138 Å². The van der Waals surface area contributed by atoms with Crippen molar-refractivity contribution >= 4 is 161 Å².